The molecular weight excluding hydrogens is 318 g/mol. The van der Waals surface area contributed by atoms with Gasteiger partial charge < -0.3 is 24.9 Å². The zero-order valence-electron chi connectivity index (χ0n) is 14.6. The number of rotatable bonds is 5. The molecule has 0 unspecified atom stereocenters. The Bertz CT molecular complexity index is 522. The lowest BCUT2D eigenvalue weighted by molar-refractivity contribution is -0.140. The van der Waals surface area contributed by atoms with Crippen LogP contribution in [0, 0.1) is 0 Å². The fraction of sp³-hybridized carbons (Fsp3) is 0.600. The minimum atomic E-state index is -1.13. The lowest BCUT2D eigenvalue weighted by Gasteiger charge is -2.21. The van der Waals surface area contributed by atoms with Crippen molar-refractivity contribution in [1.29, 1.82) is 0 Å². The Balaban J connectivity index is 0.000000754. The van der Waals surface area contributed by atoms with Crippen LogP contribution >= 0.6 is 0 Å². The van der Waals surface area contributed by atoms with E-state index in [0.717, 1.165) is 0 Å². The number of carbonyl (C=O) groups excluding carboxylic acids is 2. The highest BCUT2D eigenvalue weighted by atomic mass is 16.6. The van der Waals surface area contributed by atoms with Crippen LogP contribution in [0.3, 0.4) is 0 Å². The molecular formula is C15H25N3O6. The van der Waals surface area contributed by atoms with Gasteiger partial charge in [-0.05, 0) is 27.7 Å². The number of esters is 1. The summed E-state index contributed by atoms with van der Waals surface area (Å²) in [6.07, 6.45) is 2.32. The summed E-state index contributed by atoms with van der Waals surface area (Å²) in [4.78, 5) is 38.9. The molecule has 1 heterocycles. The van der Waals surface area contributed by atoms with Crippen molar-refractivity contribution in [3.05, 3.63) is 18.2 Å². The van der Waals surface area contributed by atoms with Crippen LogP contribution in [-0.2, 0) is 25.5 Å². The van der Waals surface area contributed by atoms with Gasteiger partial charge in [0.05, 0.1) is 12.9 Å². The minimum absolute atomic E-state index is 0.120. The Morgan fingerprint density at radius 2 is 2.00 bits per heavy atom. The van der Waals surface area contributed by atoms with E-state index in [1.807, 2.05) is 0 Å². The van der Waals surface area contributed by atoms with Crippen LogP contribution in [-0.4, -0.2) is 51.4 Å². The Labute approximate surface area is 140 Å². The Morgan fingerprint density at radius 3 is 2.33 bits per heavy atom. The Kier molecular flexibility index (Phi) is 9.14. The third-order valence-electron chi connectivity index (χ3n) is 2.32. The first-order valence-corrected chi connectivity index (χ1v) is 7.38. The molecule has 1 amide bonds. The molecule has 0 aromatic carbocycles. The number of hydrogen-bond donors (Lipinski definition) is 3. The number of hydrogen-bond acceptors (Lipinski definition) is 6. The van der Waals surface area contributed by atoms with Crippen LogP contribution in [0.5, 0.6) is 0 Å². The molecule has 0 spiro atoms. The van der Waals surface area contributed by atoms with Crippen molar-refractivity contribution in [3.8, 4) is 0 Å². The summed E-state index contributed by atoms with van der Waals surface area (Å²) >= 11 is 0. The summed E-state index contributed by atoms with van der Waals surface area (Å²) in [7, 11) is 0. The number of aromatic amines is 1. The highest BCUT2D eigenvalue weighted by molar-refractivity contribution is 5.80. The van der Waals surface area contributed by atoms with Crippen molar-refractivity contribution in [3.63, 3.8) is 0 Å². The standard InChI is InChI=1S/C11H17N3O4.C4H8O2/c1-11(2,3)18-10(17)14-8(9(15)16)4-7-5-12-6-13-7;1-3-6-4(2)5/h5-6,8H,4H2,1-3H3,(H,12,13)(H,14,17)(H,15,16);3H2,1-2H3/t8-;/m0./s1. The molecule has 24 heavy (non-hydrogen) atoms. The van der Waals surface area contributed by atoms with E-state index in [-0.39, 0.29) is 12.4 Å². The fourth-order valence-corrected chi connectivity index (χ4v) is 1.47. The highest BCUT2D eigenvalue weighted by Crippen LogP contribution is 2.07. The summed E-state index contributed by atoms with van der Waals surface area (Å²) in [5, 5.41) is 11.3. The topological polar surface area (TPSA) is 131 Å². The van der Waals surface area contributed by atoms with Crippen molar-refractivity contribution >= 4 is 18.0 Å². The number of carboxylic acid groups (broad SMARTS) is 1. The normalized spacial score (nSPS) is 11.5. The zero-order valence-corrected chi connectivity index (χ0v) is 14.6. The number of aromatic nitrogens is 2. The third-order valence-corrected chi connectivity index (χ3v) is 2.32. The second-order valence-electron chi connectivity index (χ2n) is 5.74. The predicted molar refractivity (Wildman–Crippen MR) is 85.4 cm³/mol. The lowest BCUT2D eigenvalue weighted by atomic mass is 10.1. The second-order valence-corrected chi connectivity index (χ2v) is 5.74. The molecule has 9 nitrogen and oxygen atoms in total. The molecule has 0 aliphatic rings. The quantitative estimate of drug-likeness (QED) is 0.690. The van der Waals surface area contributed by atoms with E-state index in [1.54, 1.807) is 27.7 Å². The number of amides is 1. The Hall–Kier alpha value is -2.58. The number of H-pyrrole nitrogens is 1. The maximum absolute atomic E-state index is 11.5. The van der Waals surface area contributed by atoms with Crippen LogP contribution in [0.4, 0.5) is 4.79 Å². The fourth-order valence-electron chi connectivity index (χ4n) is 1.47. The number of ether oxygens (including phenoxy) is 2. The number of carbonyl (C=O) groups is 3. The maximum Gasteiger partial charge on any atom is 0.408 e. The number of alkyl carbamates (subject to hydrolysis) is 1. The summed E-state index contributed by atoms with van der Waals surface area (Å²) in [5.74, 6) is -1.34. The average molecular weight is 343 g/mol. The summed E-state index contributed by atoms with van der Waals surface area (Å²) in [6, 6.07) is -1.06. The van der Waals surface area contributed by atoms with Crippen molar-refractivity contribution in [2.75, 3.05) is 6.61 Å². The summed E-state index contributed by atoms with van der Waals surface area (Å²) in [5.41, 5.74) is -0.0420. The van der Waals surface area contributed by atoms with Crippen LogP contribution in [0.1, 0.15) is 40.3 Å². The summed E-state index contributed by atoms with van der Waals surface area (Å²) < 4.78 is 9.40. The molecule has 0 aliphatic heterocycles. The van der Waals surface area contributed by atoms with Crippen LogP contribution in [0.15, 0.2) is 12.5 Å². The average Bonchev–Trinajstić information content (AvgIpc) is 2.89. The van der Waals surface area contributed by atoms with Crippen LogP contribution < -0.4 is 5.32 Å². The maximum atomic E-state index is 11.5. The molecule has 0 radical (unpaired) electrons. The lowest BCUT2D eigenvalue weighted by Crippen LogP contribution is -2.44. The van der Waals surface area contributed by atoms with Crippen LogP contribution in [0.2, 0.25) is 0 Å². The van der Waals surface area contributed by atoms with Gasteiger partial charge >= 0.3 is 18.0 Å². The van der Waals surface area contributed by atoms with Crippen molar-refractivity contribution in [2.45, 2.75) is 52.7 Å². The molecule has 0 bridgehead atoms. The van der Waals surface area contributed by atoms with Crippen molar-refractivity contribution in [2.24, 2.45) is 0 Å². The van der Waals surface area contributed by atoms with E-state index in [9.17, 15) is 14.4 Å². The number of imidazole rings is 1. The van der Waals surface area contributed by atoms with Gasteiger partial charge in [-0.2, -0.15) is 0 Å². The third kappa shape index (κ3) is 11.0. The molecule has 0 saturated carbocycles. The molecule has 0 saturated heterocycles. The van der Waals surface area contributed by atoms with Gasteiger partial charge in [-0.25, -0.2) is 14.6 Å². The molecule has 9 heteroatoms. The zero-order chi connectivity index (χ0) is 18.8. The highest BCUT2D eigenvalue weighted by Gasteiger charge is 2.24. The minimum Gasteiger partial charge on any atom is -0.480 e. The van der Waals surface area contributed by atoms with E-state index < -0.39 is 23.7 Å². The predicted octanol–water partition coefficient (Wildman–Crippen LogP) is 1.50. The van der Waals surface area contributed by atoms with Gasteiger partial charge in [-0.15, -0.1) is 0 Å². The number of nitrogens with one attached hydrogen (secondary N) is 2. The molecule has 0 aliphatic carbocycles. The monoisotopic (exact) mass is 343 g/mol. The van der Waals surface area contributed by atoms with E-state index in [0.29, 0.717) is 12.3 Å². The van der Waals surface area contributed by atoms with Gasteiger partial charge in [0, 0.05) is 25.2 Å². The van der Waals surface area contributed by atoms with E-state index in [4.69, 9.17) is 9.84 Å². The molecule has 1 rings (SSSR count). The molecule has 0 fully saturated rings. The smallest absolute Gasteiger partial charge is 0.408 e. The first-order chi connectivity index (χ1) is 11.0. The van der Waals surface area contributed by atoms with Crippen LogP contribution in [0.25, 0.3) is 0 Å². The molecule has 1 aromatic heterocycles. The van der Waals surface area contributed by atoms with Gasteiger partial charge in [0.1, 0.15) is 11.6 Å². The first kappa shape index (κ1) is 21.4. The van der Waals surface area contributed by atoms with E-state index in [2.05, 4.69) is 20.0 Å². The molecule has 3 N–H and O–H groups in total. The largest absolute Gasteiger partial charge is 0.480 e. The van der Waals surface area contributed by atoms with Gasteiger partial charge in [-0.1, -0.05) is 0 Å². The second kappa shape index (κ2) is 10.2. The Morgan fingerprint density at radius 1 is 1.38 bits per heavy atom. The van der Waals surface area contributed by atoms with Gasteiger partial charge in [-0.3, -0.25) is 4.79 Å². The first-order valence-electron chi connectivity index (χ1n) is 7.38. The molecule has 136 valence electrons. The number of carboxylic acids is 1. The number of nitrogens with zero attached hydrogens (tertiary/aromatic N) is 1. The van der Waals surface area contributed by atoms with Gasteiger partial charge in [0.2, 0.25) is 0 Å². The van der Waals surface area contributed by atoms with Crippen molar-refractivity contribution < 1.29 is 29.0 Å². The summed E-state index contributed by atoms with van der Waals surface area (Å²) in [6.45, 7) is 8.77. The number of aliphatic carboxylic acids is 1. The SMILES string of the molecule is CC(C)(C)OC(=O)N[C@@H](Cc1cnc[nH]1)C(=O)O.CCOC(C)=O. The van der Waals surface area contributed by atoms with E-state index >= 15 is 0 Å². The molecule has 1 aromatic rings. The molecule has 1 atom stereocenters. The van der Waals surface area contributed by atoms with E-state index in [1.165, 1.54) is 19.4 Å². The van der Waals surface area contributed by atoms with Gasteiger partial charge in [0.25, 0.3) is 0 Å². The van der Waals surface area contributed by atoms with Gasteiger partial charge in [0.15, 0.2) is 0 Å². The van der Waals surface area contributed by atoms with Crippen molar-refractivity contribution in [1.82, 2.24) is 15.3 Å².